The lowest BCUT2D eigenvalue weighted by molar-refractivity contribution is -0.115. The number of nitrogens with one attached hydrogen (secondary N) is 1. The van der Waals surface area contributed by atoms with E-state index in [4.69, 9.17) is 5.73 Å². The molecule has 1 aliphatic heterocycles. The van der Waals surface area contributed by atoms with Crippen LogP contribution in [0.25, 0.3) is 11.1 Å². The molecule has 0 radical (unpaired) electrons. The largest absolute Gasteiger partial charge is 0.366 e. The van der Waals surface area contributed by atoms with Gasteiger partial charge in [-0.05, 0) is 34.9 Å². The fourth-order valence-electron chi connectivity index (χ4n) is 2.25. The molecule has 0 bridgehead atoms. The van der Waals surface area contributed by atoms with Crippen LogP contribution < -0.4 is 11.1 Å². The van der Waals surface area contributed by atoms with Gasteiger partial charge in [0.1, 0.15) is 0 Å². The van der Waals surface area contributed by atoms with E-state index in [9.17, 15) is 9.59 Å². The van der Waals surface area contributed by atoms with Crippen molar-refractivity contribution in [1.29, 1.82) is 0 Å². The minimum Gasteiger partial charge on any atom is -0.366 e. The van der Waals surface area contributed by atoms with Crippen molar-refractivity contribution in [2.24, 2.45) is 5.73 Å². The van der Waals surface area contributed by atoms with Crippen molar-refractivity contribution in [2.45, 2.75) is 6.42 Å². The Balaban J connectivity index is 2.04. The minimum atomic E-state index is -0.448. The zero-order valence-corrected chi connectivity index (χ0v) is 10.1. The van der Waals surface area contributed by atoms with Gasteiger partial charge in [-0.2, -0.15) is 0 Å². The highest BCUT2D eigenvalue weighted by Crippen LogP contribution is 2.29. The number of benzene rings is 2. The molecule has 0 atom stereocenters. The predicted molar refractivity (Wildman–Crippen MR) is 72.7 cm³/mol. The van der Waals surface area contributed by atoms with Gasteiger partial charge >= 0.3 is 0 Å². The Kier molecular flexibility index (Phi) is 2.56. The fraction of sp³-hybridized carbons (Fsp3) is 0.0667. The van der Waals surface area contributed by atoms with Crippen LogP contribution in [-0.4, -0.2) is 11.8 Å². The highest BCUT2D eigenvalue weighted by molar-refractivity contribution is 6.00. The molecule has 0 saturated carbocycles. The third-order valence-electron chi connectivity index (χ3n) is 3.22. The molecule has 0 spiro atoms. The summed E-state index contributed by atoms with van der Waals surface area (Å²) in [4.78, 5) is 22.5. The van der Waals surface area contributed by atoms with Gasteiger partial charge in [0, 0.05) is 11.3 Å². The van der Waals surface area contributed by atoms with Crippen LogP contribution in [0, 0.1) is 0 Å². The number of primary amides is 1. The molecule has 1 aliphatic rings. The van der Waals surface area contributed by atoms with Crippen molar-refractivity contribution in [3.8, 4) is 11.1 Å². The van der Waals surface area contributed by atoms with E-state index < -0.39 is 5.91 Å². The Labute approximate surface area is 110 Å². The van der Waals surface area contributed by atoms with Gasteiger partial charge in [-0.25, -0.2) is 0 Å². The number of carbonyl (C=O) groups excluding carboxylic acids is 2. The number of nitrogens with two attached hydrogens (primary N) is 1. The van der Waals surface area contributed by atoms with Crippen LogP contribution in [0.4, 0.5) is 5.69 Å². The van der Waals surface area contributed by atoms with E-state index in [1.54, 1.807) is 18.2 Å². The summed E-state index contributed by atoms with van der Waals surface area (Å²) in [5, 5.41) is 2.81. The molecule has 0 aromatic heterocycles. The molecule has 4 heteroatoms. The van der Waals surface area contributed by atoms with Gasteiger partial charge in [-0.15, -0.1) is 0 Å². The van der Waals surface area contributed by atoms with Gasteiger partial charge < -0.3 is 11.1 Å². The average Bonchev–Trinajstić information content (AvgIpc) is 2.77. The summed E-state index contributed by atoms with van der Waals surface area (Å²) >= 11 is 0. The first kappa shape index (κ1) is 11.5. The molecule has 0 unspecified atom stereocenters. The summed E-state index contributed by atoms with van der Waals surface area (Å²) in [6.45, 7) is 0. The number of hydrogen-bond acceptors (Lipinski definition) is 2. The molecule has 2 aromatic carbocycles. The average molecular weight is 252 g/mol. The van der Waals surface area contributed by atoms with Crippen LogP contribution in [0.1, 0.15) is 15.9 Å². The van der Waals surface area contributed by atoms with Gasteiger partial charge in [-0.3, -0.25) is 9.59 Å². The number of rotatable bonds is 2. The predicted octanol–water partition coefficient (Wildman–Crippen LogP) is 1.95. The van der Waals surface area contributed by atoms with Crippen LogP contribution >= 0.6 is 0 Å². The molecule has 1 heterocycles. The Morgan fingerprint density at radius 3 is 2.68 bits per heavy atom. The number of fused-ring (bicyclic) bond motifs is 1. The molecule has 0 fully saturated rings. The number of carbonyl (C=O) groups is 2. The molecular formula is C15H12N2O2. The molecule has 3 N–H and O–H groups in total. The molecule has 3 rings (SSSR count). The lowest BCUT2D eigenvalue weighted by atomic mass is 10.0. The van der Waals surface area contributed by atoms with Crippen LogP contribution in [0.3, 0.4) is 0 Å². The molecular weight excluding hydrogens is 240 g/mol. The quantitative estimate of drug-likeness (QED) is 0.857. The second-order valence-electron chi connectivity index (χ2n) is 4.54. The standard InChI is InChI=1S/C15H12N2O2/c16-15(19)12-3-1-2-9(6-12)10-4-5-11-8-14(18)17-13(11)7-10/h1-7H,8H2,(H2,16,19)(H,17,18). The van der Waals surface area contributed by atoms with E-state index in [0.29, 0.717) is 12.0 Å². The molecule has 0 aliphatic carbocycles. The first-order valence-corrected chi connectivity index (χ1v) is 5.96. The topological polar surface area (TPSA) is 72.2 Å². The van der Waals surface area contributed by atoms with Gasteiger partial charge in [0.2, 0.25) is 11.8 Å². The van der Waals surface area contributed by atoms with Gasteiger partial charge in [0.15, 0.2) is 0 Å². The summed E-state index contributed by atoms with van der Waals surface area (Å²) in [6.07, 6.45) is 0.428. The summed E-state index contributed by atoms with van der Waals surface area (Å²) in [6, 6.07) is 12.9. The summed E-state index contributed by atoms with van der Waals surface area (Å²) in [5.74, 6) is -0.436. The van der Waals surface area contributed by atoms with E-state index in [-0.39, 0.29) is 5.91 Å². The Morgan fingerprint density at radius 2 is 1.89 bits per heavy atom. The summed E-state index contributed by atoms with van der Waals surface area (Å²) < 4.78 is 0. The Morgan fingerprint density at radius 1 is 1.11 bits per heavy atom. The third-order valence-corrected chi connectivity index (χ3v) is 3.22. The van der Waals surface area contributed by atoms with Gasteiger partial charge in [0.25, 0.3) is 0 Å². The van der Waals surface area contributed by atoms with Crippen LogP contribution in [0.15, 0.2) is 42.5 Å². The fourth-order valence-corrected chi connectivity index (χ4v) is 2.25. The van der Waals surface area contributed by atoms with Gasteiger partial charge in [-0.1, -0.05) is 24.3 Å². The summed E-state index contributed by atoms with van der Waals surface area (Å²) in [5.41, 5.74) is 9.44. The molecule has 94 valence electrons. The third kappa shape index (κ3) is 2.08. The molecule has 0 saturated heterocycles. The van der Waals surface area contributed by atoms with E-state index >= 15 is 0 Å². The smallest absolute Gasteiger partial charge is 0.248 e. The highest BCUT2D eigenvalue weighted by atomic mass is 16.2. The zero-order chi connectivity index (χ0) is 13.4. The van der Waals surface area contributed by atoms with Crippen LogP contribution in [0.5, 0.6) is 0 Å². The molecule has 2 aromatic rings. The minimum absolute atomic E-state index is 0.0121. The zero-order valence-electron chi connectivity index (χ0n) is 10.1. The van der Waals surface area contributed by atoms with E-state index in [2.05, 4.69) is 5.32 Å². The maximum absolute atomic E-state index is 11.3. The van der Waals surface area contributed by atoms with Crippen molar-refractivity contribution in [3.05, 3.63) is 53.6 Å². The molecule has 4 nitrogen and oxygen atoms in total. The molecule has 19 heavy (non-hydrogen) atoms. The Hall–Kier alpha value is -2.62. The molecule has 2 amide bonds. The SMILES string of the molecule is NC(=O)c1cccc(-c2ccc3c(c2)NC(=O)C3)c1. The van der Waals surface area contributed by atoms with Crippen molar-refractivity contribution in [1.82, 2.24) is 0 Å². The van der Waals surface area contributed by atoms with Crippen LogP contribution in [0.2, 0.25) is 0 Å². The van der Waals surface area contributed by atoms with Crippen molar-refractivity contribution < 1.29 is 9.59 Å². The highest BCUT2D eigenvalue weighted by Gasteiger charge is 2.17. The second kappa shape index (κ2) is 4.24. The lowest BCUT2D eigenvalue weighted by Crippen LogP contribution is -2.10. The van der Waals surface area contributed by atoms with E-state index in [0.717, 1.165) is 22.4 Å². The van der Waals surface area contributed by atoms with Gasteiger partial charge in [0.05, 0.1) is 6.42 Å². The van der Waals surface area contributed by atoms with Crippen molar-refractivity contribution in [3.63, 3.8) is 0 Å². The lowest BCUT2D eigenvalue weighted by Gasteiger charge is -2.06. The maximum atomic E-state index is 11.3. The van der Waals surface area contributed by atoms with Crippen molar-refractivity contribution in [2.75, 3.05) is 5.32 Å². The monoisotopic (exact) mass is 252 g/mol. The first-order chi connectivity index (χ1) is 9.13. The van der Waals surface area contributed by atoms with E-state index in [1.165, 1.54) is 0 Å². The number of amides is 2. The Bertz CT molecular complexity index is 692. The van der Waals surface area contributed by atoms with Crippen molar-refractivity contribution >= 4 is 17.5 Å². The van der Waals surface area contributed by atoms with E-state index in [1.807, 2.05) is 24.3 Å². The maximum Gasteiger partial charge on any atom is 0.248 e. The number of anilines is 1. The normalized spacial score (nSPS) is 12.9. The number of hydrogen-bond donors (Lipinski definition) is 2. The van der Waals surface area contributed by atoms with Crippen LogP contribution in [-0.2, 0) is 11.2 Å². The summed E-state index contributed by atoms with van der Waals surface area (Å²) in [7, 11) is 0. The second-order valence-corrected chi connectivity index (χ2v) is 4.54. The first-order valence-electron chi connectivity index (χ1n) is 5.96.